The van der Waals surface area contributed by atoms with Crippen molar-refractivity contribution in [3.05, 3.63) is 36.8 Å². The van der Waals surface area contributed by atoms with Crippen molar-refractivity contribution in [2.45, 2.75) is 20.3 Å². The molecule has 2 N–H and O–H groups in total. The van der Waals surface area contributed by atoms with Crippen molar-refractivity contribution in [1.29, 1.82) is 0 Å². The Hall–Kier alpha value is -3.66. The first kappa shape index (κ1) is 25.0. The summed E-state index contributed by atoms with van der Waals surface area (Å²) < 4.78 is 16.2. The number of benzene rings is 1. The number of pyridine rings is 1. The Morgan fingerprint density at radius 1 is 0.912 bits per heavy atom. The van der Waals surface area contributed by atoms with Gasteiger partial charge in [-0.25, -0.2) is 15.0 Å². The van der Waals surface area contributed by atoms with Crippen molar-refractivity contribution < 1.29 is 14.2 Å². The highest BCUT2D eigenvalue weighted by Crippen LogP contribution is 2.40. The average molecular weight is 468 g/mol. The third-order valence-corrected chi connectivity index (χ3v) is 5.37. The van der Waals surface area contributed by atoms with E-state index in [0.717, 1.165) is 44.0 Å². The van der Waals surface area contributed by atoms with Crippen LogP contribution >= 0.6 is 0 Å². The number of hydrogen-bond acceptors (Lipinski definition) is 10. The van der Waals surface area contributed by atoms with Crippen molar-refractivity contribution in [1.82, 2.24) is 24.8 Å². The molecule has 0 saturated carbocycles. The molecule has 0 spiro atoms. The van der Waals surface area contributed by atoms with Gasteiger partial charge < -0.3 is 29.7 Å². The zero-order valence-electron chi connectivity index (χ0n) is 20.5. The lowest BCUT2D eigenvalue weighted by molar-refractivity contribution is 0.303. The van der Waals surface area contributed by atoms with E-state index in [0.29, 0.717) is 34.7 Å². The SMILES string of the molecule is CCN(CC)CCCNc1ccc(-c2ncnc(Nc3cc(OC)c(OC)c(OC)c3)n2)cn1. The summed E-state index contributed by atoms with van der Waals surface area (Å²) in [6.07, 6.45) is 4.28. The van der Waals surface area contributed by atoms with Gasteiger partial charge in [-0.2, -0.15) is 4.98 Å². The van der Waals surface area contributed by atoms with Crippen molar-refractivity contribution >= 4 is 17.5 Å². The molecule has 0 aliphatic rings. The van der Waals surface area contributed by atoms with Crippen molar-refractivity contribution in [3.63, 3.8) is 0 Å². The lowest BCUT2D eigenvalue weighted by atomic mass is 10.2. The molecule has 0 bridgehead atoms. The first-order valence-corrected chi connectivity index (χ1v) is 11.3. The molecule has 182 valence electrons. The second kappa shape index (κ2) is 12.5. The maximum atomic E-state index is 5.40. The number of ether oxygens (including phenoxy) is 3. The Bertz CT molecular complexity index is 1020. The molecular formula is C24H33N7O3. The molecule has 3 rings (SSSR count). The zero-order chi connectivity index (χ0) is 24.3. The summed E-state index contributed by atoms with van der Waals surface area (Å²) in [5.41, 5.74) is 1.48. The van der Waals surface area contributed by atoms with E-state index in [4.69, 9.17) is 14.2 Å². The minimum atomic E-state index is 0.387. The monoisotopic (exact) mass is 467 g/mol. The molecule has 0 atom stereocenters. The number of hydrogen-bond donors (Lipinski definition) is 2. The highest BCUT2D eigenvalue weighted by Gasteiger charge is 2.14. The molecular weight excluding hydrogens is 434 g/mol. The third kappa shape index (κ3) is 6.44. The van der Waals surface area contributed by atoms with E-state index in [1.54, 1.807) is 39.7 Å². The van der Waals surface area contributed by atoms with Crippen LogP contribution in [0.5, 0.6) is 17.2 Å². The fraction of sp³-hybridized carbons (Fsp3) is 0.417. The summed E-state index contributed by atoms with van der Waals surface area (Å²) in [5.74, 6) is 3.31. The molecule has 0 aliphatic heterocycles. The van der Waals surface area contributed by atoms with E-state index < -0.39 is 0 Å². The molecule has 0 amide bonds. The van der Waals surface area contributed by atoms with Crippen LogP contribution in [0, 0.1) is 0 Å². The zero-order valence-corrected chi connectivity index (χ0v) is 20.5. The predicted octanol–water partition coefficient (Wildman–Crippen LogP) is 3.85. The second-order valence-electron chi connectivity index (χ2n) is 7.41. The molecule has 34 heavy (non-hydrogen) atoms. The van der Waals surface area contributed by atoms with Gasteiger partial charge in [0.25, 0.3) is 0 Å². The Labute approximate surface area is 200 Å². The molecule has 1 aromatic carbocycles. The van der Waals surface area contributed by atoms with Crippen LogP contribution in [0.1, 0.15) is 20.3 Å². The molecule has 3 aromatic rings. The van der Waals surface area contributed by atoms with Gasteiger partial charge in [0.2, 0.25) is 11.7 Å². The Kier molecular flexibility index (Phi) is 9.21. The minimum Gasteiger partial charge on any atom is -0.493 e. The molecule has 10 heteroatoms. The molecule has 2 aromatic heterocycles. The van der Waals surface area contributed by atoms with E-state index in [-0.39, 0.29) is 0 Å². The van der Waals surface area contributed by atoms with Crippen LogP contribution in [0.15, 0.2) is 36.8 Å². The maximum absolute atomic E-state index is 5.40. The van der Waals surface area contributed by atoms with Crippen LogP contribution in [-0.4, -0.2) is 72.3 Å². The summed E-state index contributed by atoms with van der Waals surface area (Å²) in [4.78, 5) is 19.9. The topological polar surface area (TPSA) is 107 Å². The van der Waals surface area contributed by atoms with Crippen LogP contribution < -0.4 is 24.8 Å². The highest BCUT2D eigenvalue weighted by molar-refractivity contribution is 5.66. The Morgan fingerprint density at radius 2 is 1.65 bits per heavy atom. The lowest BCUT2D eigenvalue weighted by Crippen LogP contribution is -2.25. The van der Waals surface area contributed by atoms with E-state index in [9.17, 15) is 0 Å². The van der Waals surface area contributed by atoms with E-state index in [2.05, 4.69) is 49.3 Å². The second-order valence-corrected chi connectivity index (χ2v) is 7.41. The molecule has 10 nitrogen and oxygen atoms in total. The smallest absolute Gasteiger partial charge is 0.230 e. The summed E-state index contributed by atoms with van der Waals surface area (Å²) in [6, 6.07) is 7.45. The number of nitrogens with zero attached hydrogens (tertiary/aromatic N) is 5. The first-order valence-electron chi connectivity index (χ1n) is 11.3. The van der Waals surface area contributed by atoms with Gasteiger partial charge in [-0.05, 0) is 38.2 Å². The molecule has 0 unspecified atom stereocenters. The number of methoxy groups -OCH3 is 3. The summed E-state index contributed by atoms with van der Waals surface area (Å²) >= 11 is 0. The van der Waals surface area contributed by atoms with E-state index in [1.807, 2.05) is 12.1 Å². The summed E-state index contributed by atoms with van der Waals surface area (Å²) in [7, 11) is 4.70. The van der Waals surface area contributed by atoms with Gasteiger partial charge in [-0.1, -0.05) is 13.8 Å². The van der Waals surface area contributed by atoms with Crippen LogP contribution in [-0.2, 0) is 0 Å². The largest absolute Gasteiger partial charge is 0.493 e. The summed E-state index contributed by atoms with van der Waals surface area (Å²) in [5, 5.41) is 6.53. The van der Waals surface area contributed by atoms with Gasteiger partial charge in [-0.3, -0.25) is 0 Å². The number of anilines is 3. The van der Waals surface area contributed by atoms with Gasteiger partial charge in [0.15, 0.2) is 17.3 Å². The quantitative estimate of drug-likeness (QED) is 0.360. The molecule has 2 heterocycles. The van der Waals surface area contributed by atoms with Gasteiger partial charge >= 0.3 is 0 Å². The van der Waals surface area contributed by atoms with Gasteiger partial charge in [-0.15, -0.1) is 0 Å². The van der Waals surface area contributed by atoms with Gasteiger partial charge in [0, 0.05) is 36.1 Å². The predicted molar refractivity (Wildman–Crippen MR) is 133 cm³/mol. The molecule has 0 saturated heterocycles. The number of aromatic nitrogens is 4. The average Bonchev–Trinajstić information content (AvgIpc) is 2.88. The Morgan fingerprint density at radius 3 is 2.24 bits per heavy atom. The van der Waals surface area contributed by atoms with Gasteiger partial charge in [0.1, 0.15) is 12.1 Å². The Balaban J connectivity index is 1.66. The van der Waals surface area contributed by atoms with Crippen LogP contribution in [0.2, 0.25) is 0 Å². The van der Waals surface area contributed by atoms with E-state index >= 15 is 0 Å². The molecule has 0 fully saturated rings. The van der Waals surface area contributed by atoms with Crippen LogP contribution in [0.3, 0.4) is 0 Å². The normalized spacial score (nSPS) is 10.8. The maximum Gasteiger partial charge on any atom is 0.230 e. The first-order chi connectivity index (χ1) is 16.6. The fourth-order valence-corrected chi connectivity index (χ4v) is 3.47. The lowest BCUT2D eigenvalue weighted by Gasteiger charge is -2.17. The standard InChI is InChI=1S/C24H33N7O3/c1-6-31(7-2)12-8-11-25-21-10-9-17(15-26-21)23-27-16-28-24(30-23)29-18-13-19(32-3)22(34-5)20(14-18)33-4/h9-10,13-16H,6-8,11-12H2,1-5H3,(H,25,26)(H,27,28,29,30). The van der Waals surface area contributed by atoms with Gasteiger partial charge in [0.05, 0.1) is 21.3 Å². The molecule has 0 aliphatic carbocycles. The number of rotatable bonds is 13. The van der Waals surface area contributed by atoms with Crippen molar-refractivity contribution in [2.24, 2.45) is 0 Å². The fourth-order valence-electron chi connectivity index (χ4n) is 3.47. The minimum absolute atomic E-state index is 0.387. The van der Waals surface area contributed by atoms with Crippen molar-refractivity contribution in [2.75, 3.05) is 58.1 Å². The van der Waals surface area contributed by atoms with E-state index in [1.165, 1.54) is 6.33 Å². The third-order valence-electron chi connectivity index (χ3n) is 5.37. The van der Waals surface area contributed by atoms with Crippen molar-refractivity contribution in [3.8, 4) is 28.6 Å². The highest BCUT2D eigenvalue weighted by atomic mass is 16.5. The van der Waals surface area contributed by atoms with Crippen LogP contribution in [0.25, 0.3) is 11.4 Å². The van der Waals surface area contributed by atoms with Crippen LogP contribution in [0.4, 0.5) is 17.5 Å². The molecule has 0 radical (unpaired) electrons. The number of nitrogens with one attached hydrogen (secondary N) is 2. The summed E-state index contributed by atoms with van der Waals surface area (Å²) in [6.45, 7) is 8.47.